The Morgan fingerprint density at radius 3 is 2.73 bits per heavy atom. The quantitative estimate of drug-likeness (QED) is 0.689. The lowest BCUT2D eigenvalue weighted by Crippen LogP contribution is -2.38. The van der Waals surface area contributed by atoms with Crippen LogP contribution in [0.3, 0.4) is 0 Å². The lowest BCUT2D eigenvalue weighted by atomic mass is 9.91. The van der Waals surface area contributed by atoms with E-state index < -0.39 is 11.6 Å². The van der Waals surface area contributed by atoms with Crippen molar-refractivity contribution in [2.45, 2.75) is 24.9 Å². The van der Waals surface area contributed by atoms with Crippen LogP contribution in [0.15, 0.2) is 0 Å². The second-order valence-corrected chi connectivity index (χ2v) is 3.89. The first-order valence-electron chi connectivity index (χ1n) is 4.90. The summed E-state index contributed by atoms with van der Waals surface area (Å²) in [5.74, 6) is -1.31. The SMILES string of the molecule is O=C(O)CN1OC2(CCOCC2)CC1=O. The molecule has 0 atom stereocenters. The van der Waals surface area contributed by atoms with Gasteiger partial charge in [0, 0.05) is 26.1 Å². The van der Waals surface area contributed by atoms with E-state index in [1.807, 2.05) is 0 Å². The minimum atomic E-state index is -1.06. The smallest absolute Gasteiger partial charge is 0.325 e. The van der Waals surface area contributed by atoms with Crippen molar-refractivity contribution >= 4 is 11.9 Å². The van der Waals surface area contributed by atoms with Crippen molar-refractivity contribution in [3.8, 4) is 0 Å². The number of carbonyl (C=O) groups is 2. The highest BCUT2D eigenvalue weighted by molar-refractivity contribution is 5.82. The van der Waals surface area contributed by atoms with Crippen molar-refractivity contribution in [2.24, 2.45) is 0 Å². The van der Waals surface area contributed by atoms with Crippen molar-refractivity contribution in [2.75, 3.05) is 19.8 Å². The molecule has 6 nitrogen and oxygen atoms in total. The highest BCUT2D eigenvalue weighted by Crippen LogP contribution is 2.35. The molecule has 15 heavy (non-hydrogen) atoms. The first-order valence-corrected chi connectivity index (χ1v) is 4.90. The number of carboxylic acid groups (broad SMARTS) is 1. The van der Waals surface area contributed by atoms with Gasteiger partial charge >= 0.3 is 5.97 Å². The lowest BCUT2D eigenvalue weighted by molar-refractivity contribution is -0.219. The van der Waals surface area contributed by atoms with Crippen molar-refractivity contribution in [1.29, 1.82) is 0 Å². The van der Waals surface area contributed by atoms with Gasteiger partial charge in [0.2, 0.25) is 5.91 Å². The van der Waals surface area contributed by atoms with E-state index in [9.17, 15) is 9.59 Å². The zero-order valence-electron chi connectivity index (χ0n) is 8.27. The van der Waals surface area contributed by atoms with E-state index in [1.165, 1.54) is 0 Å². The Hall–Kier alpha value is -1.14. The molecule has 84 valence electrons. The van der Waals surface area contributed by atoms with Gasteiger partial charge in [0.05, 0.1) is 6.42 Å². The second kappa shape index (κ2) is 3.79. The van der Waals surface area contributed by atoms with Crippen LogP contribution in [0.2, 0.25) is 0 Å². The molecule has 0 aliphatic carbocycles. The van der Waals surface area contributed by atoms with Crippen LogP contribution in [-0.4, -0.2) is 47.4 Å². The molecule has 2 rings (SSSR count). The van der Waals surface area contributed by atoms with Gasteiger partial charge in [-0.05, 0) is 0 Å². The van der Waals surface area contributed by atoms with Gasteiger partial charge in [-0.3, -0.25) is 14.4 Å². The van der Waals surface area contributed by atoms with E-state index in [-0.39, 0.29) is 18.9 Å². The molecule has 1 N–H and O–H groups in total. The Balaban J connectivity index is 2.01. The monoisotopic (exact) mass is 215 g/mol. The van der Waals surface area contributed by atoms with Gasteiger partial charge in [-0.1, -0.05) is 0 Å². The van der Waals surface area contributed by atoms with E-state index in [2.05, 4.69) is 0 Å². The molecule has 6 heteroatoms. The number of carbonyl (C=O) groups excluding carboxylic acids is 1. The zero-order chi connectivity index (χ0) is 10.9. The number of hydrogen-bond acceptors (Lipinski definition) is 4. The predicted molar refractivity (Wildman–Crippen MR) is 47.8 cm³/mol. The Morgan fingerprint density at radius 1 is 1.47 bits per heavy atom. The Bertz CT molecular complexity index is 284. The topological polar surface area (TPSA) is 76.1 Å². The van der Waals surface area contributed by atoms with Gasteiger partial charge in [0.1, 0.15) is 12.1 Å². The normalized spacial score (nSPS) is 24.8. The van der Waals surface area contributed by atoms with Crippen LogP contribution in [0.1, 0.15) is 19.3 Å². The number of ether oxygens (including phenoxy) is 1. The molecule has 0 unspecified atom stereocenters. The number of aliphatic carboxylic acids is 1. The highest BCUT2D eigenvalue weighted by Gasteiger charge is 2.46. The molecule has 0 bridgehead atoms. The van der Waals surface area contributed by atoms with Crippen molar-refractivity contribution < 1.29 is 24.3 Å². The van der Waals surface area contributed by atoms with Gasteiger partial charge in [0.25, 0.3) is 0 Å². The fourth-order valence-electron chi connectivity index (χ4n) is 1.94. The number of rotatable bonds is 2. The van der Waals surface area contributed by atoms with Crippen LogP contribution in [-0.2, 0) is 19.2 Å². The average molecular weight is 215 g/mol. The van der Waals surface area contributed by atoms with Crippen LogP contribution in [0.5, 0.6) is 0 Å². The summed E-state index contributed by atoms with van der Waals surface area (Å²) >= 11 is 0. The van der Waals surface area contributed by atoms with Gasteiger partial charge in [0.15, 0.2) is 0 Å². The van der Waals surface area contributed by atoms with Crippen LogP contribution in [0, 0.1) is 0 Å². The van der Waals surface area contributed by atoms with Crippen molar-refractivity contribution in [1.82, 2.24) is 5.06 Å². The van der Waals surface area contributed by atoms with Crippen LogP contribution >= 0.6 is 0 Å². The van der Waals surface area contributed by atoms with Gasteiger partial charge in [-0.15, -0.1) is 0 Å². The van der Waals surface area contributed by atoms with E-state index in [1.54, 1.807) is 0 Å². The summed E-state index contributed by atoms with van der Waals surface area (Å²) in [4.78, 5) is 27.4. The summed E-state index contributed by atoms with van der Waals surface area (Å²) < 4.78 is 5.18. The first kappa shape index (κ1) is 10.4. The molecule has 2 aliphatic heterocycles. The van der Waals surface area contributed by atoms with Gasteiger partial charge in [-0.2, -0.15) is 0 Å². The first-order chi connectivity index (χ1) is 7.11. The maximum atomic E-state index is 11.5. The second-order valence-electron chi connectivity index (χ2n) is 3.89. The highest BCUT2D eigenvalue weighted by atomic mass is 16.7. The minimum absolute atomic E-state index is 0.251. The molecule has 0 saturated carbocycles. The molecule has 1 spiro atoms. The summed E-state index contributed by atoms with van der Waals surface area (Å²) in [6.45, 7) is 0.740. The summed E-state index contributed by atoms with van der Waals surface area (Å²) in [6.07, 6.45) is 1.56. The third kappa shape index (κ3) is 2.10. The molecule has 0 aromatic carbocycles. The largest absolute Gasteiger partial charge is 0.480 e. The Morgan fingerprint density at radius 2 is 2.13 bits per heavy atom. The van der Waals surface area contributed by atoms with E-state index in [0.29, 0.717) is 26.1 Å². The maximum absolute atomic E-state index is 11.5. The van der Waals surface area contributed by atoms with Crippen molar-refractivity contribution in [3.63, 3.8) is 0 Å². The fraction of sp³-hybridized carbons (Fsp3) is 0.778. The van der Waals surface area contributed by atoms with Crippen LogP contribution in [0.4, 0.5) is 0 Å². The summed E-state index contributed by atoms with van der Waals surface area (Å²) in [7, 11) is 0. The zero-order valence-corrected chi connectivity index (χ0v) is 8.27. The van der Waals surface area contributed by atoms with Crippen molar-refractivity contribution in [3.05, 3.63) is 0 Å². The lowest BCUT2D eigenvalue weighted by Gasteiger charge is -2.31. The third-order valence-electron chi connectivity index (χ3n) is 2.74. The van der Waals surface area contributed by atoms with E-state index in [4.69, 9.17) is 14.7 Å². The Kier molecular flexibility index (Phi) is 2.62. The standard InChI is InChI=1S/C9H13NO5/c11-7-5-9(1-3-14-4-2-9)15-10(7)6-8(12)13/h1-6H2,(H,12,13). The number of hydroxylamine groups is 2. The number of amides is 1. The molecule has 0 aromatic heterocycles. The molecule has 0 aromatic rings. The fourth-order valence-corrected chi connectivity index (χ4v) is 1.94. The Labute approximate surface area is 86.7 Å². The molecule has 2 heterocycles. The number of nitrogens with zero attached hydrogens (tertiary/aromatic N) is 1. The van der Waals surface area contributed by atoms with Crippen LogP contribution in [0.25, 0.3) is 0 Å². The third-order valence-corrected chi connectivity index (χ3v) is 2.74. The number of hydrogen-bond donors (Lipinski definition) is 1. The summed E-state index contributed by atoms with van der Waals surface area (Å²) in [5, 5.41) is 9.53. The van der Waals surface area contributed by atoms with Gasteiger partial charge in [-0.25, -0.2) is 5.06 Å². The van der Waals surface area contributed by atoms with Gasteiger partial charge < -0.3 is 9.84 Å². The predicted octanol–water partition coefficient (Wildman–Crippen LogP) is -0.216. The molecular formula is C9H13NO5. The molecular weight excluding hydrogens is 202 g/mol. The van der Waals surface area contributed by atoms with E-state index in [0.717, 1.165) is 5.06 Å². The molecule has 2 aliphatic rings. The summed E-state index contributed by atoms with van der Waals surface area (Å²) in [6, 6.07) is 0. The number of carboxylic acids is 1. The molecule has 2 fully saturated rings. The minimum Gasteiger partial charge on any atom is -0.480 e. The molecule has 1 amide bonds. The maximum Gasteiger partial charge on any atom is 0.325 e. The summed E-state index contributed by atoms with van der Waals surface area (Å²) in [5.41, 5.74) is -0.509. The molecule has 0 radical (unpaired) electrons. The van der Waals surface area contributed by atoms with E-state index >= 15 is 0 Å². The molecule has 2 saturated heterocycles. The van der Waals surface area contributed by atoms with Crippen LogP contribution < -0.4 is 0 Å². The average Bonchev–Trinajstić information content (AvgIpc) is 2.43.